The van der Waals surface area contributed by atoms with Gasteiger partial charge in [-0.05, 0) is 30.3 Å². The zero-order valence-electron chi connectivity index (χ0n) is 8.87. The van der Waals surface area contributed by atoms with Crippen LogP contribution in [0.2, 0.25) is 10.0 Å². The number of halogens is 2. The summed E-state index contributed by atoms with van der Waals surface area (Å²) in [6.45, 7) is 0. The van der Waals surface area contributed by atoms with Crippen LogP contribution in [0.5, 0.6) is 0 Å². The highest BCUT2D eigenvalue weighted by Crippen LogP contribution is 2.32. The lowest BCUT2D eigenvalue weighted by Gasteiger charge is -2.10. The molecule has 0 bridgehead atoms. The molecule has 5 heteroatoms. The van der Waals surface area contributed by atoms with Crippen LogP contribution in [0, 0.1) is 0 Å². The quantitative estimate of drug-likeness (QED) is 0.724. The Morgan fingerprint density at radius 1 is 0.941 bits per heavy atom. The van der Waals surface area contributed by atoms with Gasteiger partial charge in [0.15, 0.2) is 0 Å². The second-order valence-electron chi connectivity index (χ2n) is 3.57. The number of rotatable bonds is 2. The molecule has 5 N–H and O–H groups in total. The Hall–Kier alpha value is -1.58. The SMILES string of the molecule is Nc1ccc(Nc2cccc(Cl)c2Cl)cc1N. The molecule has 0 heterocycles. The molecule has 0 unspecified atom stereocenters. The Bertz CT molecular complexity index is 555. The van der Waals surface area contributed by atoms with Crippen molar-refractivity contribution in [1.82, 2.24) is 0 Å². The van der Waals surface area contributed by atoms with Gasteiger partial charge in [0.2, 0.25) is 0 Å². The summed E-state index contributed by atoms with van der Waals surface area (Å²) in [4.78, 5) is 0. The van der Waals surface area contributed by atoms with Gasteiger partial charge in [0, 0.05) is 5.69 Å². The summed E-state index contributed by atoms with van der Waals surface area (Å²) in [5.41, 5.74) is 14.0. The van der Waals surface area contributed by atoms with E-state index in [0.29, 0.717) is 21.4 Å². The van der Waals surface area contributed by atoms with E-state index in [9.17, 15) is 0 Å². The zero-order valence-corrected chi connectivity index (χ0v) is 10.4. The average Bonchev–Trinajstić information content (AvgIpc) is 2.30. The van der Waals surface area contributed by atoms with Crippen molar-refractivity contribution in [3.8, 4) is 0 Å². The molecule has 0 amide bonds. The molecule has 0 atom stereocenters. The summed E-state index contributed by atoms with van der Waals surface area (Å²) in [7, 11) is 0. The fraction of sp³-hybridized carbons (Fsp3) is 0. The van der Waals surface area contributed by atoms with Crippen molar-refractivity contribution in [2.24, 2.45) is 0 Å². The fourth-order valence-corrected chi connectivity index (χ4v) is 1.76. The van der Waals surface area contributed by atoms with Crippen LogP contribution < -0.4 is 16.8 Å². The van der Waals surface area contributed by atoms with Gasteiger partial charge in [-0.3, -0.25) is 0 Å². The summed E-state index contributed by atoms with van der Waals surface area (Å²) >= 11 is 12.0. The second kappa shape index (κ2) is 4.73. The predicted molar refractivity (Wildman–Crippen MR) is 75.0 cm³/mol. The molecule has 0 aromatic heterocycles. The van der Waals surface area contributed by atoms with E-state index in [0.717, 1.165) is 11.4 Å². The van der Waals surface area contributed by atoms with Crippen molar-refractivity contribution in [1.29, 1.82) is 0 Å². The van der Waals surface area contributed by atoms with Crippen LogP contribution in [0.3, 0.4) is 0 Å². The molecule has 3 nitrogen and oxygen atoms in total. The molecule has 2 aromatic carbocycles. The number of nitrogen functional groups attached to an aromatic ring is 2. The molecule has 0 radical (unpaired) electrons. The van der Waals surface area contributed by atoms with Crippen LogP contribution in [0.25, 0.3) is 0 Å². The summed E-state index contributed by atoms with van der Waals surface area (Å²) in [5, 5.41) is 4.11. The van der Waals surface area contributed by atoms with Crippen LogP contribution in [0.1, 0.15) is 0 Å². The van der Waals surface area contributed by atoms with E-state index in [1.54, 1.807) is 18.2 Å². The van der Waals surface area contributed by atoms with E-state index >= 15 is 0 Å². The third kappa shape index (κ3) is 2.57. The predicted octanol–water partition coefficient (Wildman–Crippen LogP) is 3.90. The van der Waals surface area contributed by atoms with Gasteiger partial charge >= 0.3 is 0 Å². The Morgan fingerprint density at radius 3 is 2.41 bits per heavy atom. The third-order valence-corrected chi connectivity index (χ3v) is 3.14. The van der Waals surface area contributed by atoms with Gasteiger partial charge in [0.05, 0.1) is 27.1 Å². The molecule has 0 aliphatic rings. The first-order valence-electron chi connectivity index (χ1n) is 4.94. The fourth-order valence-electron chi connectivity index (χ4n) is 1.41. The van der Waals surface area contributed by atoms with Gasteiger partial charge in [0.1, 0.15) is 0 Å². The lowest BCUT2D eigenvalue weighted by molar-refractivity contribution is 1.54. The zero-order chi connectivity index (χ0) is 12.4. The highest BCUT2D eigenvalue weighted by Gasteiger charge is 2.05. The lowest BCUT2D eigenvalue weighted by Crippen LogP contribution is -1.97. The molecule has 0 saturated carbocycles. The molecule has 0 aliphatic carbocycles. The van der Waals surface area contributed by atoms with Gasteiger partial charge in [-0.15, -0.1) is 0 Å². The maximum absolute atomic E-state index is 6.06. The maximum atomic E-state index is 6.06. The average molecular weight is 268 g/mol. The van der Waals surface area contributed by atoms with Crippen LogP contribution in [-0.4, -0.2) is 0 Å². The Labute approximate surface area is 109 Å². The van der Waals surface area contributed by atoms with Crippen molar-refractivity contribution < 1.29 is 0 Å². The Balaban J connectivity index is 2.31. The summed E-state index contributed by atoms with van der Waals surface area (Å²) in [5.74, 6) is 0. The minimum absolute atomic E-state index is 0.476. The van der Waals surface area contributed by atoms with E-state index < -0.39 is 0 Å². The molecular weight excluding hydrogens is 257 g/mol. The standard InChI is InChI=1S/C12H11Cl2N3/c13-8-2-1-3-11(12(8)14)17-7-4-5-9(15)10(16)6-7/h1-6,17H,15-16H2. The summed E-state index contributed by atoms with van der Waals surface area (Å²) < 4.78 is 0. The molecule has 0 saturated heterocycles. The van der Waals surface area contributed by atoms with E-state index in [-0.39, 0.29) is 0 Å². The Kier molecular flexibility index (Phi) is 3.31. The van der Waals surface area contributed by atoms with Crippen LogP contribution in [0.4, 0.5) is 22.7 Å². The number of anilines is 4. The lowest BCUT2D eigenvalue weighted by atomic mass is 10.2. The minimum Gasteiger partial charge on any atom is -0.397 e. The molecule has 17 heavy (non-hydrogen) atoms. The molecule has 0 aliphatic heterocycles. The van der Waals surface area contributed by atoms with Gasteiger partial charge < -0.3 is 16.8 Å². The van der Waals surface area contributed by atoms with Crippen LogP contribution >= 0.6 is 23.2 Å². The first kappa shape index (κ1) is 11.9. The maximum Gasteiger partial charge on any atom is 0.0827 e. The topological polar surface area (TPSA) is 64.1 Å². The van der Waals surface area contributed by atoms with Crippen molar-refractivity contribution in [2.45, 2.75) is 0 Å². The van der Waals surface area contributed by atoms with Crippen molar-refractivity contribution in [3.63, 3.8) is 0 Å². The van der Waals surface area contributed by atoms with Gasteiger partial charge in [-0.2, -0.15) is 0 Å². The van der Waals surface area contributed by atoms with E-state index in [1.807, 2.05) is 18.2 Å². The molecule has 2 aromatic rings. The molecule has 2 rings (SSSR count). The van der Waals surface area contributed by atoms with E-state index in [2.05, 4.69) is 5.32 Å². The monoisotopic (exact) mass is 267 g/mol. The van der Waals surface area contributed by atoms with Crippen molar-refractivity contribution in [2.75, 3.05) is 16.8 Å². The second-order valence-corrected chi connectivity index (χ2v) is 4.36. The van der Waals surface area contributed by atoms with E-state index in [1.165, 1.54) is 0 Å². The molecule has 88 valence electrons. The highest BCUT2D eigenvalue weighted by molar-refractivity contribution is 6.43. The van der Waals surface area contributed by atoms with Crippen molar-refractivity contribution in [3.05, 3.63) is 46.4 Å². The number of nitrogens with two attached hydrogens (primary N) is 2. The minimum atomic E-state index is 0.476. The smallest absolute Gasteiger partial charge is 0.0827 e. The van der Waals surface area contributed by atoms with E-state index in [4.69, 9.17) is 34.7 Å². The first-order chi connectivity index (χ1) is 8.08. The molecular formula is C12H11Cl2N3. The molecule has 0 fully saturated rings. The molecule has 0 spiro atoms. The van der Waals surface area contributed by atoms with Gasteiger partial charge in [-0.25, -0.2) is 0 Å². The van der Waals surface area contributed by atoms with Crippen molar-refractivity contribution >= 4 is 46.0 Å². The first-order valence-corrected chi connectivity index (χ1v) is 5.69. The summed E-state index contributed by atoms with van der Waals surface area (Å²) in [6.07, 6.45) is 0. The van der Waals surface area contributed by atoms with Crippen LogP contribution in [0.15, 0.2) is 36.4 Å². The Morgan fingerprint density at radius 2 is 1.71 bits per heavy atom. The summed E-state index contributed by atoms with van der Waals surface area (Å²) in [6, 6.07) is 10.7. The number of nitrogens with one attached hydrogen (secondary N) is 1. The number of hydrogen-bond acceptors (Lipinski definition) is 3. The van der Waals surface area contributed by atoms with Gasteiger partial charge in [0.25, 0.3) is 0 Å². The largest absolute Gasteiger partial charge is 0.397 e. The normalized spacial score (nSPS) is 10.2. The number of benzene rings is 2. The number of hydrogen-bond donors (Lipinski definition) is 3. The van der Waals surface area contributed by atoms with Gasteiger partial charge in [-0.1, -0.05) is 29.3 Å². The highest BCUT2D eigenvalue weighted by atomic mass is 35.5. The van der Waals surface area contributed by atoms with Crippen LogP contribution in [-0.2, 0) is 0 Å². The third-order valence-electron chi connectivity index (χ3n) is 2.32.